The van der Waals surface area contributed by atoms with E-state index in [1.807, 2.05) is 35.0 Å². The molecule has 8 heteroatoms. The molecule has 0 atom stereocenters. The third-order valence-corrected chi connectivity index (χ3v) is 7.31. The molecular formula is C21H22ClN3O3S. The third kappa shape index (κ3) is 4.26. The molecule has 1 aliphatic heterocycles. The molecule has 29 heavy (non-hydrogen) atoms. The molecule has 2 aromatic carbocycles. The highest BCUT2D eigenvalue weighted by Gasteiger charge is 2.26. The molecule has 1 aromatic heterocycles. The number of aryl methyl sites for hydroxylation is 1. The Bertz CT molecular complexity index is 1160. The van der Waals surface area contributed by atoms with Gasteiger partial charge >= 0.3 is 0 Å². The molecule has 0 spiro atoms. The first kappa shape index (κ1) is 19.8. The summed E-state index contributed by atoms with van der Waals surface area (Å²) in [7, 11) is -3.28. The summed E-state index contributed by atoms with van der Waals surface area (Å²) in [5.41, 5.74) is 2.17. The number of carbonyl (C=O) groups excluding carboxylic acids is 1. The minimum atomic E-state index is -3.28. The summed E-state index contributed by atoms with van der Waals surface area (Å²) in [6.07, 6.45) is 3.74. The molecule has 0 saturated carbocycles. The van der Waals surface area contributed by atoms with Crippen molar-refractivity contribution >= 4 is 49.8 Å². The molecule has 1 aliphatic rings. The van der Waals surface area contributed by atoms with Crippen LogP contribution in [0.25, 0.3) is 10.9 Å². The zero-order valence-electron chi connectivity index (χ0n) is 15.8. The zero-order valence-corrected chi connectivity index (χ0v) is 17.4. The van der Waals surface area contributed by atoms with Crippen molar-refractivity contribution in [2.75, 3.05) is 21.9 Å². The lowest BCUT2D eigenvalue weighted by molar-refractivity contribution is -0.116. The molecule has 4 rings (SSSR count). The van der Waals surface area contributed by atoms with Gasteiger partial charge in [0.2, 0.25) is 15.9 Å². The number of fused-ring (bicyclic) bond motifs is 1. The predicted octanol–water partition coefficient (Wildman–Crippen LogP) is 4.25. The smallest absolute Gasteiger partial charge is 0.235 e. The van der Waals surface area contributed by atoms with Crippen LogP contribution in [0, 0.1) is 0 Å². The van der Waals surface area contributed by atoms with Gasteiger partial charge in [0, 0.05) is 47.3 Å². The maximum absolute atomic E-state index is 12.4. The van der Waals surface area contributed by atoms with Crippen molar-refractivity contribution in [3.8, 4) is 0 Å². The number of amides is 1. The first-order chi connectivity index (χ1) is 13.9. The summed E-state index contributed by atoms with van der Waals surface area (Å²) in [5.74, 6) is 0.0332. The number of hydrogen-bond acceptors (Lipinski definition) is 3. The molecule has 1 fully saturated rings. The summed E-state index contributed by atoms with van der Waals surface area (Å²) in [4.78, 5) is 12.4. The second-order valence-electron chi connectivity index (χ2n) is 7.13. The second kappa shape index (κ2) is 8.08. The molecular weight excluding hydrogens is 410 g/mol. The maximum atomic E-state index is 12.4. The van der Waals surface area contributed by atoms with Gasteiger partial charge in [-0.2, -0.15) is 0 Å². The fourth-order valence-electron chi connectivity index (χ4n) is 3.64. The molecule has 0 aliphatic carbocycles. The number of sulfonamides is 1. The Kier molecular flexibility index (Phi) is 5.52. The van der Waals surface area contributed by atoms with Crippen LogP contribution >= 0.6 is 11.6 Å². The molecule has 3 aromatic rings. The van der Waals surface area contributed by atoms with E-state index in [-0.39, 0.29) is 11.7 Å². The van der Waals surface area contributed by atoms with Crippen LogP contribution in [0.4, 0.5) is 11.4 Å². The number of nitrogens with one attached hydrogen (secondary N) is 1. The highest BCUT2D eigenvalue weighted by atomic mass is 35.5. The van der Waals surface area contributed by atoms with Gasteiger partial charge in [0.1, 0.15) is 0 Å². The van der Waals surface area contributed by atoms with Gasteiger partial charge in [-0.1, -0.05) is 23.7 Å². The van der Waals surface area contributed by atoms with E-state index < -0.39 is 10.0 Å². The van der Waals surface area contributed by atoms with Gasteiger partial charge in [-0.3, -0.25) is 9.10 Å². The van der Waals surface area contributed by atoms with E-state index in [1.165, 1.54) is 4.31 Å². The van der Waals surface area contributed by atoms with E-state index in [4.69, 9.17) is 11.6 Å². The molecule has 6 nitrogen and oxygen atoms in total. The Labute approximate surface area is 175 Å². The average Bonchev–Trinajstić information content (AvgIpc) is 3.11. The number of aromatic nitrogens is 1. The minimum absolute atomic E-state index is 0.132. The van der Waals surface area contributed by atoms with Gasteiger partial charge in [0.25, 0.3) is 0 Å². The quantitative estimate of drug-likeness (QED) is 0.656. The van der Waals surface area contributed by atoms with E-state index >= 15 is 0 Å². The molecule has 0 radical (unpaired) electrons. The highest BCUT2D eigenvalue weighted by Crippen LogP contribution is 2.27. The van der Waals surface area contributed by atoms with E-state index in [0.29, 0.717) is 42.3 Å². The molecule has 1 N–H and O–H groups in total. The van der Waals surface area contributed by atoms with Crippen LogP contribution in [-0.2, 0) is 21.4 Å². The number of halogens is 1. The van der Waals surface area contributed by atoms with Gasteiger partial charge in [0.05, 0.1) is 11.4 Å². The van der Waals surface area contributed by atoms with Crippen molar-refractivity contribution < 1.29 is 13.2 Å². The average molecular weight is 432 g/mol. The summed E-state index contributed by atoms with van der Waals surface area (Å²) < 4.78 is 28.0. The molecule has 0 bridgehead atoms. The number of rotatable bonds is 5. The topological polar surface area (TPSA) is 71.4 Å². The van der Waals surface area contributed by atoms with Crippen LogP contribution in [-0.4, -0.2) is 31.2 Å². The van der Waals surface area contributed by atoms with Crippen LogP contribution in [0.1, 0.15) is 19.3 Å². The lowest BCUT2D eigenvalue weighted by Crippen LogP contribution is -2.37. The highest BCUT2D eigenvalue weighted by molar-refractivity contribution is 7.92. The third-order valence-electron chi connectivity index (χ3n) is 5.11. The van der Waals surface area contributed by atoms with E-state index in [2.05, 4.69) is 5.32 Å². The Morgan fingerprint density at radius 1 is 1.10 bits per heavy atom. The summed E-state index contributed by atoms with van der Waals surface area (Å²) in [6.45, 7) is 0.999. The molecule has 152 valence electrons. The van der Waals surface area contributed by atoms with Crippen LogP contribution in [0.15, 0.2) is 54.7 Å². The van der Waals surface area contributed by atoms with Gasteiger partial charge in [0.15, 0.2) is 0 Å². The van der Waals surface area contributed by atoms with Crippen molar-refractivity contribution in [1.82, 2.24) is 4.57 Å². The normalized spacial score (nSPS) is 16.1. The van der Waals surface area contributed by atoms with Crippen molar-refractivity contribution in [3.05, 3.63) is 59.8 Å². The van der Waals surface area contributed by atoms with E-state index in [1.54, 1.807) is 24.3 Å². The van der Waals surface area contributed by atoms with Crippen LogP contribution in [0.5, 0.6) is 0 Å². The van der Waals surface area contributed by atoms with Crippen molar-refractivity contribution in [2.24, 2.45) is 0 Å². The lowest BCUT2D eigenvalue weighted by Gasteiger charge is -2.28. The van der Waals surface area contributed by atoms with Crippen LogP contribution in [0.2, 0.25) is 5.02 Å². The van der Waals surface area contributed by atoms with E-state index in [0.717, 1.165) is 17.3 Å². The number of benzene rings is 2. The number of carbonyl (C=O) groups is 1. The first-order valence-corrected chi connectivity index (χ1v) is 11.6. The van der Waals surface area contributed by atoms with Gasteiger partial charge < -0.3 is 9.88 Å². The van der Waals surface area contributed by atoms with Crippen molar-refractivity contribution in [3.63, 3.8) is 0 Å². The fourth-order valence-corrected chi connectivity index (χ4v) is 5.51. The number of hydrogen-bond donors (Lipinski definition) is 1. The van der Waals surface area contributed by atoms with Crippen molar-refractivity contribution in [2.45, 2.75) is 25.8 Å². The standard InChI is InChI=1S/C21H22ClN3O3S/c22-19-7-4-8-20-18(19)9-12-24(20)13-10-21(26)23-16-5-3-6-17(15-16)25-11-1-2-14-29(25,27)28/h3-9,12,15H,1-2,10-11,13-14H2,(H,23,26). The Balaban J connectivity index is 1.43. The van der Waals surface area contributed by atoms with Crippen molar-refractivity contribution in [1.29, 1.82) is 0 Å². The molecule has 2 heterocycles. The minimum Gasteiger partial charge on any atom is -0.347 e. The predicted molar refractivity (Wildman–Crippen MR) is 117 cm³/mol. The molecule has 0 unspecified atom stereocenters. The monoisotopic (exact) mass is 431 g/mol. The zero-order chi connectivity index (χ0) is 20.4. The second-order valence-corrected chi connectivity index (χ2v) is 9.55. The largest absolute Gasteiger partial charge is 0.347 e. The Morgan fingerprint density at radius 3 is 2.76 bits per heavy atom. The number of anilines is 2. The molecule has 1 saturated heterocycles. The van der Waals surface area contributed by atoms with Gasteiger partial charge in [-0.15, -0.1) is 0 Å². The fraction of sp³-hybridized carbons (Fsp3) is 0.286. The maximum Gasteiger partial charge on any atom is 0.235 e. The van der Waals surface area contributed by atoms with Crippen LogP contribution in [0.3, 0.4) is 0 Å². The summed E-state index contributed by atoms with van der Waals surface area (Å²) in [6, 6.07) is 14.6. The van der Waals surface area contributed by atoms with Gasteiger partial charge in [-0.25, -0.2) is 8.42 Å². The lowest BCUT2D eigenvalue weighted by atomic mass is 10.2. The number of nitrogens with zero attached hydrogens (tertiary/aromatic N) is 2. The molecule has 1 amide bonds. The SMILES string of the molecule is O=C(CCn1ccc2c(Cl)cccc21)Nc1cccc(N2CCCCS2(=O)=O)c1. The van der Waals surface area contributed by atoms with E-state index in [9.17, 15) is 13.2 Å². The summed E-state index contributed by atoms with van der Waals surface area (Å²) >= 11 is 6.20. The Morgan fingerprint density at radius 2 is 1.93 bits per heavy atom. The van der Waals surface area contributed by atoms with Crippen LogP contribution < -0.4 is 9.62 Å². The van der Waals surface area contributed by atoms with Gasteiger partial charge in [-0.05, 0) is 49.2 Å². The first-order valence-electron chi connectivity index (χ1n) is 9.58. The summed E-state index contributed by atoms with van der Waals surface area (Å²) in [5, 5.41) is 4.52. The Hall–Kier alpha value is -2.51.